The van der Waals surface area contributed by atoms with Gasteiger partial charge < -0.3 is 15.6 Å². The fourth-order valence-electron chi connectivity index (χ4n) is 0. The Kier molecular flexibility index (Phi) is 29.2. The van der Waals surface area contributed by atoms with Crippen LogP contribution in [0.5, 0.6) is 0 Å². The third kappa shape index (κ3) is 350. The smallest absolute Gasteiger partial charge is 0.291 e. The van der Waals surface area contributed by atoms with E-state index in [0.717, 1.165) is 0 Å². The van der Waals surface area contributed by atoms with Gasteiger partial charge in [-0.25, -0.2) is 0 Å². The third-order valence-electron chi connectivity index (χ3n) is 0. The van der Waals surface area contributed by atoms with Crippen molar-refractivity contribution in [2.75, 3.05) is 0 Å². The Balaban J connectivity index is -0.0000000450. The van der Waals surface area contributed by atoms with E-state index in [-0.39, 0.29) is 27.3 Å². The maximum Gasteiger partial charge on any atom is 0.291 e. The standard InChI is InChI=1S/3HNO3.Tl/c3*2-1(3)4;/h3*(H,2,3,4);. The maximum atomic E-state index is 8.36. The Bertz CT molecular complexity index is 112. The van der Waals surface area contributed by atoms with Gasteiger partial charge >= 0.3 is 0 Å². The maximum absolute atomic E-state index is 8.36. The van der Waals surface area contributed by atoms with Crippen LogP contribution in [0.15, 0.2) is 0 Å². The monoisotopic (exact) mass is 394 g/mol. The first kappa shape index (κ1) is 22.5. The van der Waals surface area contributed by atoms with E-state index in [4.69, 9.17) is 46.0 Å². The molecule has 0 saturated carbocycles. The van der Waals surface area contributed by atoms with Crippen LogP contribution in [-0.4, -0.2) is 58.2 Å². The molecule has 1 radical (unpaired) electrons. The van der Waals surface area contributed by atoms with Crippen LogP contribution in [0, 0.1) is 30.3 Å². The molecule has 75 valence electrons. The molecule has 0 unspecified atom stereocenters. The van der Waals surface area contributed by atoms with Crippen molar-refractivity contribution in [2.45, 2.75) is 0 Å². The summed E-state index contributed by atoms with van der Waals surface area (Å²) in [7, 11) is 0. The Morgan fingerprint density at radius 3 is 0.692 bits per heavy atom. The van der Waals surface area contributed by atoms with E-state index < -0.39 is 15.3 Å². The molecule has 0 aromatic heterocycles. The van der Waals surface area contributed by atoms with Crippen molar-refractivity contribution in [2.24, 2.45) is 0 Å². The molecule has 0 amide bonds. The Morgan fingerprint density at radius 1 is 0.692 bits per heavy atom. The minimum absolute atomic E-state index is 0. The fraction of sp³-hybridized carbons (Fsp3) is 0. The van der Waals surface area contributed by atoms with Crippen LogP contribution in [0.25, 0.3) is 0 Å². The summed E-state index contributed by atoms with van der Waals surface area (Å²) < 4.78 is 0. The normalized spacial score (nSPS) is 5.54. The average Bonchev–Trinajstić information content (AvgIpc) is 1.54. The molecule has 0 fully saturated rings. The molecular weight excluding hydrogens is 390 g/mol. The molecule has 0 saturated heterocycles. The van der Waals surface area contributed by atoms with E-state index in [2.05, 4.69) is 0 Å². The molecular formula is H3N3O9Tl. The van der Waals surface area contributed by atoms with Gasteiger partial charge in [0.05, 0.1) is 0 Å². The molecule has 0 rings (SSSR count). The van der Waals surface area contributed by atoms with Crippen LogP contribution < -0.4 is 0 Å². The summed E-state index contributed by atoms with van der Waals surface area (Å²) in [6.45, 7) is 0. The van der Waals surface area contributed by atoms with Crippen molar-refractivity contribution < 1.29 is 30.9 Å². The summed E-state index contributed by atoms with van der Waals surface area (Å²) in [4.78, 5) is 25.1. The first-order valence-corrected chi connectivity index (χ1v) is 1.70. The van der Waals surface area contributed by atoms with Gasteiger partial charge in [-0.15, -0.1) is 30.3 Å². The second-order valence-corrected chi connectivity index (χ2v) is 0.714. The molecule has 0 aliphatic carbocycles. The van der Waals surface area contributed by atoms with Crippen molar-refractivity contribution in [3.8, 4) is 0 Å². The first-order chi connectivity index (χ1) is 5.20. The van der Waals surface area contributed by atoms with Crippen molar-refractivity contribution in [3.05, 3.63) is 30.3 Å². The number of rotatable bonds is 0. The summed E-state index contributed by atoms with van der Waals surface area (Å²) in [5.41, 5.74) is 0. The van der Waals surface area contributed by atoms with Crippen LogP contribution in [0.3, 0.4) is 0 Å². The average molecular weight is 393 g/mol. The minimum atomic E-state index is -1.50. The van der Waals surface area contributed by atoms with Gasteiger partial charge in [-0.05, 0) is 0 Å². The van der Waals surface area contributed by atoms with Gasteiger partial charge in [0.2, 0.25) is 0 Å². The molecule has 0 aliphatic heterocycles. The molecule has 13 heteroatoms. The second kappa shape index (κ2) is 16.9. The number of hydrogen-bond acceptors (Lipinski definition) is 6. The topological polar surface area (TPSA) is 190 Å². The second-order valence-electron chi connectivity index (χ2n) is 0.714. The molecule has 0 aromatic carbocycles. The minimum Gasteiger partial charge on any atom is -0.328 e. The summed E-state index contributed by atoms with van der Waals surface area (Å²) >= 11 is 0. The molecule has 0 bridgehead atoms. The van der Waals surface area contributed by atoms with Crippen LogP contribution in [-0.2, 0) is 0 Å². The van der Waals surface area contributed by atoms with Crippen molar-refractivity contribution in [3.63, 3.8) is 0 Å². The van der Waals surface area contributed by atoms with E-state index in [1.54, 1.807) is 0 Å². The van der Waals surface area contributed by atoms with Crippen molar-refractivity contribution >= 4 is 27.3 Å². The SMILES string of the molecule is O=[N+]([O-])O.O=[N+]([O-])O.O=[N+]([O-])O.[Tl]. The van der Waals surface area contributed by atoms with Gasteiger partial charge in [-0.3, -0.25) is 0 Å². The number of hydrogen-bond donors (Lipinski definition) is 3. The third-order valence-corrected chi connectivity index (χ3v) is 0. The molecule has 0 spiro atoms. The fourth-order valence-corrected chi connectivity index (χ4v) is 0. The summed E-state index contributed by atoms with van der Waals surface area (Å²) in [5.74, 6) is 0. The van der Waals surface area contributed by atoms with Gasteiger partial charge in [0, 0.05) is 27.3 Å². The Hall–Kier alpha value is -1.48. The molecule has 13 heavy (non-hydrogen) atoms. The van der Waals surface area contributed by atoms with Crippen molar-refractivity contribution in [1.29, 1.82) is 0 Å². The van der Waals surface area contributed by atoms with E-state index in [9.17, 15) is 0 Å². The van der Waals surface area contributed by atoms with Gasteiger partial charge in [-0.2, -0.15) is 0 Å². The molecule has 0 aliphatic rings. The molecule has 3 N–H and O–H groups in total. The van der Waals surface area contributed by atoms with Gasteiger partial charge in [0.15, 0.2) is 0 Å². The molecule has 0 atom stereocenters. The molecule has 12 nitrogen and oxygen atoms in total. The predicted octanol–water partition coefficient (Wildman–Crippen LogP) is -1.42. The summed E-state index contributed by atoms with van der Waals surface area (Å²) in [6, 6.07) is 0. The summed E-state index contributed by atoms with van der Waals surface area (Å²) in [6.07, 6.45) is 0. The van der Waals surface area contributed by atoms with E-state index in [1.165, 1.54) is 0 Å². The van der Waals surface area contributed by atoms with Crippen LogP contribution in [0.4, 0.5) is 0 Å². The zero-order valence-electron chi connectivity index (χ0n) is 5.71. The number of nitrogens with zero attached hydrogens (tertiary/aromatic N) is 3. The van der Waals surface area contributed by atoms with Crippen molar-refractivity contribution in [1.82, 2.24) is 0 Å². The predicted molar refractivity (Wildman–Crippen MR) is 32.1 cm³/mol. The molecule has 0 heterocycles. The summed E-state index contributed by atoms with van der Waals surface area (Å²) in [5, 5.41) is 40.9. The Morgan fingerprint density at radius 2 is 0.692 bits per heavy atom. The van der Waals surface area contributed by atoms with E-state index in [1.807, 2.05) is 0 Å². The van der Waals surface area contributed by atoms with Crippen LogP contribution >= 0.6 is 0 Å². The van der Waals surface area contributed by atoms with Crippen LogP contribution in [0.2, 0.25) is 0 Å². The van der Waals surface area contributed by atoms with Gasteiger partial charge in [-0.1, -0.05) is 0 Å². The quantitative estimate of drug-likeness (QED) is 0.252. The zero-order chi connectivity index (χ0) is 10.7. The van der Waals surface area contributed by atoms with E-state index >= 15 is 0 Å². The van der Waals surface area contributed by atoms with Gasteiger partial charge in [0.1, 0.15) is 0 Å². The van der Waals surface area contributed by atoms with E-state index in [0.29, 0.717) is 0 Å². The molecule has 0 aromatic rings. The van der Waals surface area contributed by atoms with Crippen LogP contribution in [0.1, 0.15) is 0 Å². The van der Waals surface area contributed by atoms with Gasteiger partial charge in [0.25, 0.3) is 15.3 Å². The zero-order valence-corrected chi connectivity index (χ0v) is 10.2. The first-order valence-electron chi connectivity index (χ1n) is 1.70. The Labute approximate surface area is 88.9 Å². The largest absolute Gasteiger partial charge is 0.328 e.